The van der Waals surface area contributed by atoms with Crippen molar-refractivity contribution in [3.63, 3.8) is 0 Å². The van der Waals surface area contributed by atoms with Crippen molar-refractivity contribution in [3.8, 4) is 0 Å². The van der Waals surface area contributed by atoms with Crippen molar-refractivity contribution in [2.24, 2.45) is 0 Å². The molecule has 0 radical (unpaired) electrons. The first-order valence-electron chi connectivity index (χ1n) is 6.25. The van der Waals surface area contributed by atoms with Crippen LogP contribution >= 0.6 is 0 Å². The van der Waals surface area contributed by atoms with Gasteiger partial charge in [0.1, 0.15) is 0 Å². The fourth-order valence-electron chi connectivity index (χ4n) is 2.36. The number of methoxy groups -OCH3 is 2. The van der Waals surface area contributed by atoms with Crippen molar-refractivity contribution in [2.45, 2.75) is 50.9 Å². The first-order chi connectivity index (χ1) is 7.83. The fourth-order valence-corrected chi connectivity index (χ4v) is 2.36. The van der Waals surface area contributed by atoms with E-state index >= 15 is 0 Å². The third kappa shape index (κ3) is 3.89. The van der Waals surface area contributed by atoms with Gasteiger partial charge in [0.2, 0.25) is 0 Å². The molecule has 0 aliphatic heterocycles. The van der Waals surface area contributed by atoms with Crippen LogP contribution in [-0.4, -0.2) is 33.6 Å². The molecule has 0 saturated heterocycles. The lowest BCUT2D eigenvalue weighted by molar-refractivity contribution is -0.115. The number of ether oxygens (including phenoxy) is 2. The van der Waals surface area contributed by atoms with Gasteiger partial charge >= 0.3 is 0 Å². The van der Waals surface area contributed by atoms with Gasteiger partial charge in [0, 0.05) is 14.2 Å². The SMILES string of the molecule is CNC(C1=CCCCCCC1)C(OC)OC. The predicted octanol–water partition coefficient (Wildman–Crippen LogP) is 2.47. The number of allylic oxidation sites excluding steroid dienone is 1. The minimum atomic E-state index is -0.185. The molecule has 3 heteroatoms. The zero-order valence-electron chi connectivity index (χ0n) is 10.8. The normalized spacial score (nSPS) is 20.1. The Morgan fingerprint density at radius 3 is 2.44 bits per heavy atom. The van der Waals surface area contributed by atoms with Crippen LogP contribution in [0.25, 0.3) is 0 Å². The van der Waals surface area contributed by atoms with Crippen LogP contribution < -0.4 is 5.32 Å². The van der Waals surface area contributed by atoms with E-state index in [9.17, 15) is 0 Å². The average Bonchev–Trinajstić information content (AvgIpc) is 2.26. The zero-order chi connectivity index (χ0) is 11.8. The molecular weight excluding hydrogens is 202 g/mol. The van der Waals surface area contributed by atoms with Crippen molar-refractivity contribution in [3.05, 3.63) is 11.6 Å². The van der Waals surface area contributed by atoms with Crippen LogP contribution in [0.5, 0.6) is 0 Å². The summed E-state index contributed by atoms with van der Waals surface area (Å²) in [6, 6.07) is 0.188. The molecule has 16 heavy (non-hydrogen) atoms. The van der Waals surface area contributed by atoms with E-state index in [1.807, 2.05) is 7.05 Å². The fraction of sp³-hybridized carbons (Fsp3) is 0.846. The first-order valence-corrected chi connectivity index (χ1v) is 6.25. The molecule has 94 valence electrons. The number of rotatable bonds is 5. The van der Waals surface area contributed by atoms with Gasteiger partial charge in [0.05, 0.1) is 6.04 Å². The summed E-state index contributed by atoms with van der Waals surface area (Å²) >= 11 is 0. The highest BCUT2D eigenvalue weighted by Gasteiger charge is 2.23. The third-order valence-electron chi connectivity index (χ3n) is 3.27. The van der Waals surface area contributed by atoms with Crippen LogP contribution in [0.3, 0.4) is 0 Å². The van der Waals surface area contributed by atoms with Crippen LogP contribution in [0.15, 0.2) is 11.6 Å². The van der Waals surface area contributed by atoms with Gasteiger partial charge in [-0.15, -0.1) is 0 Å². The van der Waals surface area contributed by atoms with Crippen molar-refractivity contribution in [2.75, 3.05) is 21.3 Å². The lowest BCUT2D eigenvalue weighted by Gasteiger charge is -2.27. The van der Waals surface area contributed by atoms with E-state index in [4.69, 9.17) is 9.47 Å². The van der Waals surface area contributed by atoms with Gasteiger partial charge in [-0.1, -0.05) is 24.5 Å². The molecule has 0 amide bonds. The van der Waals surface area contributed by atoms with E-state index in [-0.39, 0.29) is 12.3 Å². The van der Waals surface area contributed by atoms with E-state index in [0.29, 0.717) is 0 Å². The maximum absolute atomic E-state index is 5.35. The summed E-state index contributed by atoms with van der Waals surface area (Å²) in [4.78, 5) is 0. The molecule has 0 heterocycles. The number of hydrogen-bond donors (Lipinski definition) is 1. The molecule has 1 atom stereocenters. The van der Waals surface area contributed by atoms with Crippen molar-refractivity contribution in [1.82, 2.24) is 5.32 Å². The molecule has 0 aromatic rings. The second-order valence-electron chi connectivity index (χ2n) is 4.34. The van der Waals surface area contributed by atoms with Gasteiger partial charge in [0.15, 0.2) is 6.29 Å². The van der Waals surface area contributed by atoms with Crippen LogP contribution in [-0.2, 0) is 9.47 Å². The Balaban J connectivity index is 2.67. The second-order valence-corrected chi connectivity index (χ2v) is 4.34. The lowest BCUT2D eigenvalue weighted by Crippen LogP contribution is -2.41. The Bertz CT molecular complexity index is 212. The molecule has 0 spiro atoms. The van der Waals surface area contributed by atoms with Gasteiger partial charge in [-0.2, -0.15) is 0 Å². The molecular formula is C13H25NO2. The highest BCUT2D eigenvalue weighted by molar-refractivity contribution is 5.12. The minimum absolute atomic E-state index is 0.185. The van der Waals surface area contributed by atoms with Gasteiger partial charge in [-0.25, -0.2) is 0 Å². The van der Waals surface area contributed by atoms with Gasteiger partial charge in [0.25, 0.3) is 0 Å². The Hall–Kier alpha value is -0.380. The van der Waals surface area contributed by atoms with Gasteiger partial charge in [-0.05, 0) is 32.7 Å². The standard InChI is InChI=1S/C13H25NO2/c1-14-12(13(15-2)16-3)11-9-7-5-4-6-8-10-11/h9,12-14H,4-8,10H2,1-3H3. The summed E-state index contributed by atoms with van der Waals surface area (Å²) < 4.78 is 10.7. The third-order valence-corrected chi connectivity index (χ3v) is 3.27. The first kappa shape index (κ1) is 13.7. The minimum Gasteiger partial charge on any atom is -0.354 e. The number of hydrogen-bond acceptors (Lipinski definition) is 3. The van der Waals surface area contributed by atoms with Crippen LogP contribution in [0, 0.1) is 0 Å². The molecule has 1 aliphatic carbocycles. The lowest BCUT2D eigenvalue weighted by atomic mass is 9.94. The van der Waals surface area contributed by atoms with E-state index in [1.165, 1.54) is 37.7 Å². The topological polar surface area (TPSA) is 30.5 Å². The maximum Gasteiger partial charge on any atom is 0.175 e. The summed E-state index contributed by atoms with van der Waals surface area (Å²) in [5, 5.41) is 3.30. The predicted molar refractivity (Wildman–Crippen MR) is 66.4 cm³/mol. The molecule has 1 aliphatic rings. The van der Waals surface area contributed by atoms with Crippen molar-refractivity contribution in [1.29, 1.82) is 0 Å². The Kier molecular flexibility index (Phi) is 6.69. The molecule has 3 nitrogen and oxygen atoms in total. The molecule has 0 aromatic heterocycles. The molecule has 0 saturated carbocycles. The highest BCUT2D eigenvalue weighted by Crippen LogP contribution is 2.22. The summed E-state index contributed by atoms with van der Waals surface area (Å²) in [6.45, 7) is 0. The molecule has 0 aromatic carbocycles. The molecule has 0 bridgehead atoms. The van der Waals surface area contributed by atoms with Gasteiger partial charge < -0.3 is 14.8 Å². The average molecular weight is 227 g/mol. The van der Waals surface area contributed by atoms with Gasteiger partial charge in [-0.3, -0.25) is 0 Å². The maximum atomic E-state index is 5.35. The van der Waals surface area contributed by atoms with E-state index in [0.717, 1.165) is 6.42 Å². The molecule has 0 fully saturated rings. The quantitative estimate of drug-likeness (QED) is 0.578. The number of likely N-dealkylation sites (N-methyl/N-ethyl adjacent to an activating group) is 1. The van der Waals surface area contributed by atoms with Crippen molar-refractivity contribution < 1.29 is 9.47 Å². The van der Waals surface area contributed by atoms with E-state index in [2.05, 4.69) is 11.4 Å². The number of nitrogens with one attached hydrogen (secondary N) is 1. The Labute approximate surface area is 99.2 Å². The highest BCUT2D eigenvalue weighted by atomic mass is 16.7. The molecule has 1 unspecified atom stereocenters. The van der Waals surface area contributed by atoms with Crippen LogP contribution in [0.2, 0.25) is 0 Å². The largest absolute Gasteiger partial charge is 0.354 e. The Morgan fingerprint density at radius 1 is 1.12 bits per heavy atom. The summed E-state index contributed by atoms with van der Waals surface area (Å²) in [6.07, 6.45) is 9.84. The monoisotopic (exact) mass is 227 g/mol. The van der Waals surface area contributed by atoms with Crippen LogP contribution in [0.4, 0.5) is 0 Å². The summed E-state index contributed by atoms with van der Waals surface area (Å²) in [7, 11) is 5.36. The van der Waals surface area contributed by atoms with Crippen LogP contribution in [0.1, 0.15) is 38.5 Å². The second kappa shape index (κ2) is 7.82. The van der Waals surface area contributed by atoms with E-state index < -0.39 is 0 Å². The van der Waals surface area contributed by atoms with Crippen molar-refractivity contribution >= 4 is 0 Å². The summed E-state index contributed by atoms with van der Waals surface area (Å²) in [5.41, 5.74) is 1.44. The molecule has 1 rings (SSSR count). The van der Waals surface area contributed by atoms with E-state index in [1.54, 1.807) is 14.2 Å². The summed E-state index contributed by atoms with van der Waals surface area (Å²) in [5.74, 6) is 0. The molecule has 1 N–H and O–H groups in total. The Morgan fingerprint density at radius 2 is 1.81 bits per heavy atom. The zero-order valence-corrected chi connectivity index (χ0v) is 10.8. The smallest absolute Gasteiger partial charge is 0.175 e.